The maximum atomic E-state index is 2.28. The van der Waals surface area contributed by atoms with E-state index < -0.39 is 0 Å². The zero-order valence-corrected chi connectivity index (χ0v) is 11.2. The van der Waals surface area contributed by atoms with Crippen molar-refractivity contribution in [3.8, 4) is 0 Å². The number of allylic oxidation sites excluding steroid dienone is 4. The van der Waals surface area contributed by atoms with Gasteiger partial charge in [0.1, 0.15) is 0 Å². The molecule has 0 radical (unpaired) electrons. The van der Waals surface area contributed by atoms with Crippen LogP contribution in [0.5, 0.6) is 0 Å². The highest BCUT2D eigenvalue weighted by Gasteiger charge is 1.93. The van der Waals surface area contributed by atoms with Crippen molar-refractivity contribution >= 4 is 0 Å². The minimum absolute atomic E-state index is 1.14. The second-order valence-corrected chi connectivity index (χ2v) is 4.34. The Hall–Kier alpha value is -1.30. The largest absolute Gasteiger partial charge is 0.0917 e. The van der Waals surface area contributed by atoms with Crippen molar-refractivity contribution in [2.24, 2.45) is 0 Å². The predicted octanol–water partition coefficient (Wildman–Crippen LogP) is 5.09. The van der Waals surface area contributed by atoms with Gasteiger partial charge in [0.05, 0.1) is 0 Å². The molecule has 0 saturated carbocycles. The summed E-state index contributed by atoms with van der Waals surface area (Å²) < 4.78 is 0. The monoisotopic (exact) mass is 228 g/mol. The molecule has 0 N–H and O–H groups in total. The molecule has 17 heavy (non-hydrogen) atoms. The first-order valence-electron chi connectivity index (χ1n) is 6.70. The molecule has 0 spiro atoms. The second-order valence-electron chi connectivity index (χ2n) is 4.34. The molecule has 0 heterocycles. The third-order valence-electron chi connectivity index (χ3n) is 2.86. The van der Waals surface area contributed by atoms with Crippen LogP contribution in [0.1, 0.15) is 44.2 Å². The van der Waals surface area contributed by atoms with E-state index in [4.69, 9.17) is 0 Å². The van der Waals surface area contributed by atoms with E-state index in [1.54, 1.807) is 0 Å². The Morgan fingerprint density at radius 2 is 1.35 bits per heavy atom. The summed E-state index contributed by atoms with van der Waals surface area (Å²) in [6, 6.07) is 9.07. The van der Waals surface area contributed by atoms with Crippen molar-refractivity contribution in [2.45, 2.75) is 46.0 Å². The topological polar surface area (TPSA) is 0 Å². The van der Waals surface area contributed by atoms with E-state index in [1.165, 1.54) is 11.1 Å². The van der Waals surface area contributed by atoms with Crippen molar-refractivity contribution in [3.05, 3.63) is 59.7 Å². The van der Waals surface area contributed by atoms with Crippen LogP contribution in [0.4, 0.5) is 0 Å². The Morgan fingerprint density at radius 3 is 1.82 bits per heavy atom. The van der Waals surface area contributed by atoms with Crippen LogP contribution in [0.15, 0.2) is 48.6 Å². The van der Waals surface area contributed by atoms with E-state index in [2.05, 4.69) is 62.4 Å². The number of hydrogen-bond donors (Lipinski definition) is 0. The Labute approximate surface area is 106 Å². The first-order chi connectivity index (χ1) is 8.36. The summed E-state index contributed by atoms with van der Waals surface area (Å²) in [6.07, 6.45) is 14.6. The standard InChI is InChI=1S/C17H24/c1-3-5-7-9-11-17-14-12-16(13-15-17)10-8-6-4-2/h4-7,12-15H,3,8-11H2,1-2H3/b6-4+,7-5+. The molecule has 0 fully saturated rings. The summed E-state index contributed by atoms with van der Waals surface area (Å²) in [5.41, 5.74) is 2.89. The maximum absolute atomic E-state index is 2.28. The van der Waals surface area contributed by atoms with Crippen LogP contribution >= 0.6 is 0 Å². The average molecular weight is 228 g/mol. The molecule has 92 valence electrons. The fraction of sp³-hybridized carbons (Fsp3) is 0.412. The summed E-state index contributed by atoms with van der Waals surface area (Å²) in [5, 5.41) is 0. The zero-order valence-electron chi connectivity index (χ0n) is 11.2. The molecule has 0 aromatic heterocycles. The van der Waals surface area contributed by atoms with Gasteiger partial charge in [0.2, 0.25) is 0 Å². The van der Waals surface area contributed by atoms with Gasteiger partial charge in [-0.2, -0.15) is 0 Å². The number of aryl methyl sites for hydroxylation is 2. The van der Waals surface area contributed by atoms with E-state index in [9.17, 15) is 0 Å². The highest BCUT2D eigenvalue weighted by atomic mass is 14.0. The summed E-state index contributed by atoms with van der Waals surface area (Å²) in [4.78, 5) is 0. The third kappa shape index (κ3) is 6.11. The van der Waals surface area contributed by atoms with Crippen molar-refractivity contribution in [3.63, 3.8) is 0 Å². The normalized spacial score (nSPS) is 11.6. The Balaban J connectivity index is 2.36. The molecule has 1 aromatic rings. The van der Waals surface area contributed by atoms with E-state index >= 15 is 0 Å². The Morgan fingerprint density at radius 1 is 0.824 bits per heavy atom. The van der Waals surface area contributed by atoms with E-state index in [1.807, 2.05) is 0 Å². The van der Waals surface area contributed by atoms with Crippen molar-refractivity contribution in [1.82, 2.24) is 0 Å². The van der Waals surface area contributed by atoms with Gasteiger partial charge in [-0.25, -0.2) is 0 Å². The minimum Gasteiger partial charge on any atom is -0.0917 e. The molecule has 0 bridgehead atoms. The lowest BCUT2D eigenvalue weighted by atomic mass is 10.0. The molecule has 0 aliphatic rings. The summed E-state index contributed by atoms with van der Waals surface area (Å²) in [7, 11) is 0. The molecule has 1 aromatic carbocycles. The van der Waals surface area contributed by atoms with Crippen LogP contribution in [-0.4, -0.2) is 0 Å². The smallest absolute Gasteiger partial charge is 0.0244 e. The molecule has 1 rings (SSSR count). The average Bonchev–Trinajstić information content (AvgIpc) is 2.37. The summed E-state index contributed by atoms with van der Waals surface area (Å²) >= 11 is 0. The SMILES string of the molecule is C/C=C/CCc1ccc(CC/C=C/CC)cc1. The van der Waals surface area contributed by atoms with Crippen LogP contribution < -0.4 is 0 Å². The fourth-order valence-corrected chi connectivity index (χ4v) is 1.82. The molecule has 0 heteroatoms. The van der Waals surface area contributed by atoms with Gasteiger partial charge in [-0.3, -0.25) is 0 Å². The van der Waals surface area contributed by atoms with Gasteiger partial charge in [-0.1, -0.05) is 55.5 Å². The van der Waals surface area contributed by atoms with Gasteiger partial charge >= 0.3 is 0 Å². The van der Waals surface area contributed by atoms with Crippen LogP contribution in [0.3, 0.4) is 0 Å². The van der Waals surface area contributed by atoms with Gasteiger partial charge in [-0.15, -0.1) is 0 Å². The molecule has 0 atom stereocenters. The highest BCUT2D eigenvalue weighted by Crippen LogP contribution is 2.09. The molecule has 0 aliphatic heterocycles. The number of rotatable bonds is 7. The fourth-order valence-electron chi connectivity index (χ4n) is 1.82. The predicted molar refractivity (Wildman–Crippen MR) is 77.3 cm³/mol. The quantitative estimate of drug-likeness (QED) is 0.570. The van der Waals surface area contributed by atoms with E-state index in [0.29, 0.717) is 0 Å². The lowest BCUT2D eigenvalue weighted by Crippen LogP contribution is -1.87. The minimum atomic E-state index is 1.14. The highest BCUT2D eigenvalue weighted by molar-refractivity contribution is 5.23. The molecule has 0 amide bonds. The van der Waals surface area contributed by atoms with Crippen LogP contribution in [-0.2, 0) is 12.8 Å². The molecule has 0 saturated heterocycles. The van der Waals surface area contributed by atoms with Crippen LogP contribution in [0, 0.1) is 0 Å². The summed E-state index contributed by atoms with van der Waals surface area (Å²) in [6.45, 7) is 4.25. The molecular formula is C17H24. The molecular weight excluding hydrogens is 204 g/mol. The molecule has 0 unspecified atom stereocenters. The number of hydrogen-bond acceptors (Lipinski definition) is 0. The zero-order chi connectivity index (χ0) is 12.3. The van der Waals surface area contributed by atoms with Crippen molar-refractivity contribution in [1.29, 1.82) is 0 Å². The van der Waals surface area contributed by atoms with Gasteiger partial charge in [0.15, 0.2) is 0 Å². The van der Waals surface area contributed by atoms with Gasteiger partial charge in [0.25, 0.3) is 0 Å². The Kier molecular flexibility index (Phi) is 7.13. The molecule has 0 aliphatic carbocycles. The lowest BCUT2D eigenvalue weighted by Gasteiger charge is -2.02. The van der Waals surface area contributed by atoms with Crippen LogP contribution in [0.25, 0.3) is 0 Å². The van der Waals surface area contributed by atoms with Crippen molar-refractivity contribution < 1.29 is 0 Å². The van der Waals surface area contributed by atoms with Crippen LogP contribution in [0.2, 0.25) is 0 Å². The van der Waals surface area contributed by atoms with Gasteiger partial charge < -0.3 is 0 Å². The maximum Gasteiger partial charge on any atom is -0.0244 e. The van der Waals surface area contributed by atoms with Crippen molar-refractivity contribution in [2.75, 3.05) is 0 Å². The molecule has 0 nitrogen and oxygen atoms in total. The summed E-state index contributed by atoms with van der Waals surface area (Å²) in [5.74, 6) is 0. The number of benzene rings is 1. The third-order valence-corrected chi connectivity index (χ3v) is 2.86. The lowest BCUT2D eigenvalue weighted by molar-refractivity contribution is 0.972. The van der Waals surface area contributed by atoms with E-state index in [0.717, 1.165) is 32.1 Å². The second kappa shape index (κ2) is 8.81. The Bertz CT molecular complexity index is 341. The van der Waals surface area contributed by atoms with Gasteiger partial charge in [-0.05, 0) is 50.2 Å². The first kappa shape index (κ1) is 13.8. The van der Waals surface area contributed by atoms with Gasteiger partial charge in [0, 0.05) is 0 Å². The van der Waals surface area contributed by atoms with E-state index in [-0.39, 0.29) is 0 Å². The first-order valence-corrected chi connectivity index (χ1v) is 6.70.